The topological polar surface area (TPSA) is 58.8 Å². The van der Waals surface area contributed by atoms with Crippen LogP contribution in [0.2, 0.25) is 0 Å². The van der Waals surface area contributed by atoms with Gasteiger partial charge in [-0.25, -0.2) is 15.6 Å². The van der Waals surface area contributed by atoms with Crippen molar-refractivity contribution in [3.63, 3.8) is 0 Å². The predicted octanol–water partition coefficient (Wildman–Crippen LogP) is 1.35. The summed E-state index contributed by atoms with van der Waals surface area (Å²) in [5, 5.41) is 1.13. The fraction of sp³-hybridized carbons (Fsp3) is 0.188. The Balaban J connectivity index is 1.86. The minimum atomic E-state index is -0.281. The van der Waals surface area contributed by atoms with Crippen LogP contribution in [0.5, 0.6) is 5.75 Å². The maximum Gasteiger partial charge on any atom is 0.343 e. The van der Waals surface area contributed by atoms with Crippen molar-refractivity contribution in [1.29, 1.82) is 0 Å². The molecule has 6 heteroatoms. The summed E-state index contributed by atoms with van der Waals surface area (Å²) in [5.74, 6) is 6.68. The molecule has 0 unspecified atom stereocenters. The Kier molecular flexibility index (Phi) is 3.77. The molecule has 0 saturated carbocycles. The third-order valence-electron chi connectivity index (χ3n) is 3.80. The number of benzene rings is 2. The van der Waals surface area contributed by atoms with E-state index in [1.54, 1.807) is 36.3 Å². The van der Waals surface area contributed by atoms with E-state index in [-0.39, 0.29) is 6.03 Å². The summed E-state index contributed by atoms with van der Waals surface area (Å²) in [7, 11) is 7.26. The molecule has 0 aliphatic carbocycles. The lowest BCUT2D eigenvalue weighted by molar-refractivity contribution is 0.252. The Morgan fingerprint density at radius 1 is 1.27 bits per heavy atom. The molecule has 2 amide bonds. The van der Waals surface area contributed by atoms with Gasteiger partial charge in [-0.2, -0.15) is 0 Å². The second-order valence-corrected chi connectivity index (χ2v) is 5.14. The van der Waals surface area contributed by atoms with Crippen LogP contribution in [-0.2, 0) is 6.42 Å². The molecule has 2 aromatic carbocycles. The maximum absolute atomic E-state index is 12.6. The van der Waals surface area contributed by atoms with Gasteiger partial charge in [-0.15, -0.1) is 0 Å². The van der Waals surface area contributed by atoms with E-state index in [1.807, 2.05) is 18.2 Å². The van der Waals surface area contributed by atoms with Crippen LogP contribution >= 0.6 is 0 Å². The van der Waals surface area contributed by atoms with Gasteiger partial charge < -0.3 is 4.74 Å². The Labute approximate surface area is 130 Å². The normalized spacial score (nSPS) is 12.9. The molecule has 2 aromatic rings. The smallest absolute Gasteiger partial charge is 0.343 e. The van der Waals surface area contributed by atoms with Crippen LogP contribution in [0.4, 0.5) is 16.2 Å². The number of nitrogens with two attached hydrogens (primary N) is 1. The van der Waals surface area contributed by atoms with E-state index in [4.69, 9.17) is 18.4 Å². The molecule has 22 heavy (non-hydrogen) atoms. The highest BCUT2D eigenvalue weighted by molar-refractivity contribution is 6.32. The quantitative estimate of drug-likeness (QED) is 0.393. The number of carbonyl (C=O) groups excluding carboxylic acids is 1. The van der Waals surface area contributed by atoms with Crippen molar-refractivity contribution in [2.75, 3.05) is 23.6 Å². The second-order valence-electron chi connectivity index (χ2n) is 5.14. The van der Waals surface area contributed by atoms with Crippen molar-refractivity contribution in [2.45, 2.75) is 6.42 Å². The molecule has 110 valence electrons. The SMILES string of the molecule is [B]c1ccc(N(N)C(=O)N2CCc3ccc(OC)cc32)cc1. The number of anilines is 2. The third kappa shape index (κ3) is 2.53. The number of amides is 2. The fourth-order valence-corrected chi connectivity index (χ4v) is 2.56. The number of hydrogen-bond donors (Lipinski definition) is 1. The van der Waals surface area contributed by atoms with Gasteiger partial charge >= 0.3 is 6.03 Å². The average molecular weight is 293 g/mol. The molecule has 0 fully saturated rings. The molecule has 1 aliphatic rings. The number of hydrazine groups is 1. The molecule has 0 bridgehead atoms. The zero-order valence-electron chi connectivity index (χ0n) is 12.3. The summed E-state index contributed by atoms with van der Waals surface area (Å²) < 4.78 is 5.23. The van der Waals surface area contributed by atoms with E-state index in [1.165, 1.54) is 0 Å². The summed E-state index contributed by atoms with van der Waals surface area (Å²) in [6.07, 6.45) is 0.806. The van der Waals surface area contributed by atoms with Crippen LogP contribution in [0.25, 0.3) is 0 Å². The minimum Gasteiger partial charge on any atom is -0.497 e. The molecule has 2 radical (unpaired) electrons. The second kappa shape index (κ2) is 5.73. The Bertz CT molecular complexity index is 703. The number of urea groups is 1. The number of methoxy groups -OCH3 is 1. The summed E-state index contributed by atoms with van der Waals surface area (Å²) in [4.78, 5) is 14.3. The Hall–Kier alpha value is -2.47. The summed E-state index contributed by atoms with van der Waals surface area (Å²) >= 11 is 0. The van der Waals surface area contributed by atoms with Crippen molar-refractivity contribution < 1.29 is 9.53 Å². The highest BCUT2D eigenvalue weighted by Gasteiger charge is 2.28. The highest BCUT2D eigenvalue weighted by Crippen LogP contribution is 2.32. The van der Waals surface area contributed by atoms with E-state index >= 15 is 0 Å². The van der Waals surface area contributed by atoms with Gasteiger partial charge in [0.25, 0.3) is 0 Å². The Morgan fingerprint density at radius 3 is 2.68 bits per heavy atom. The zero-order chi connectivity index (χ0) is 15.7. The van der Waals surface area contributed by atoms with Crippen molar-refractivity contribution in [2.24, 2.45) is 5.84 Å². The number of fused-ring (bicyclic) bond motifs is 1. The zero-order valence-corrected chi connectivity index (χ0v) is 12.3. The van der Waals surface area contributed by atoms with Crippen LogP contribution in [-0.4, -0.2) is 27.5 Å². The standard InChI is InChI=1S/C16H16BN3O2/c1-22-14-7-2-11-8-9-19(15(11)10-14)16(21)20(18)13-5-3-12(17)4-6-13/h2-7,10H,8-9,18H2,1H3. The summed E-state index contributed by atoms with van der Waals surface area (Å²) in [6, 6.07) is 12.3. The predicted molar refractivity (Wildman–Crippen MR) is 87.9 cm³/mol. The molecular formula is C16H16BN3O2. The van der Waals surface area contributed by atoms with Crippen LogP contribution in [0.15, 0.2) is 42.5 Å². The summed E-state index contributed by atoms with van der Waals surface area (Å²) in [5.41, 5.74) is 3.17. The number of nitrogens with zero attached hydrogens (tertiary/aromatic N) is 2. The highest BCUT2D eigenvalue weighted by atomic mass is 16.5. The van der Waals surface area contributed by atoms with E-state index in [0.29, 0.717) is 17.7 Å². The van der Waals surface area contributed by atoms with Gasteiger partial charge in [0.1, 0.15) is 13.6 Å². The minimum absolute atomic E-state index is 0.281. The first-order valence-corrected chi connectivity index (χ1v) is 6.99. The lowest BCUT2D eigenvalue weighted by Gasteiger charge is -2.25. The van der Waals surface area contributed by atoms with Crippen LogP contribution in [0, 0.1) is 0 Å². The number of hydrogen-bond acceptors (Lipinski definition) is 3. The van der Waals surface area contributed by atoms with Crippen LogP contribution in [0.3, 0.4) is 0 Å². The van der Waals surface area contributed by atoms with Gasteiger partial charge in [0.15, 0.2) is 0 Å². The van der Waals surface area contributed by atoms with E-state index < -0.39 is 0 Å². The van der Waals surface area contributed by atoms with Crippen molar-refractivity contribution in [3.8, 4) is 5.75 Å². The first kappa shape index (κ1) is 14.5. The monoisotopic (exact) mass is 293 g/mol. The fourth-order valence-electron chi connectivity index (χ4n) is 2.56. The number of rotatable bonds is 2. The van der Waals surface area contributed by atoms with Crippen LogP contribution < -0.4 is 26.0 Å². The molecule has 0 atom stereocenters. The molecule has 0 saturated heterocycles. The largest absolute Gasteiger partial charge is 0.497 e. The molecule has 3 rings (SSSR count). The van der Waals surface area contributed by atoms with Gasteiger partial charge in [-0.3, -0.25) is 4.90 Å². The van der Waals surface area contributed by atoms with E-state index in [9.17, 15) is 4.79 Å². The lowest BCUT2D eigenvalue weighted by Crippen LogP contribution is -2.47. The number of carbonyl (C=O) groups is 1. The van der Waals surface area contributed by atoms with E-state index in [2.05, 4.69) is 0 Å². The molecule has 5 nitrogen and oxygen atoms in total. The molecule has 1 aliphatic heterocycles. The lowest BCUT2D eigenvalue weighted by atomic mass is 9.96. The molecular weight excluding hydrogens is 277 g/mol. The molecule has 0 spiro atoms. The Morgan fingerprint density at radius 2 is 2.00 bits per heavy atom. The first-order chi connectivity index (χ1) is 10.6. The summed E-state index contributed by atoms with van der Waals surface area (Å²) in [6.45, 7) is 0.601. The average Bonchev–Trinajstić information content (AvgIpc) is 2.97. The first-order valence-electron chi connectivity index (χ1n) is 6.99. The van der Waals surface area contributed by atoms with Crippen molar-refractivity contribution in [3.05, 3.63) is 48.0 Å². The molecule has 1 heterocycles. The van der Waals surface area contributed by atoms with Crippen molar-refractivity contribution in [1.82, 2.24) is 0 Å². The van der Waals surface area contributed by atoms with Gasteiger partial charge in [0.05, 0.1) is 18.5 Å². The van der Waals surface area contributed by atoms with Crippen LogP contribution in [0.1, 0.15) is 5.56 Å². The van der Waals surface area contributed by atoms with Gasteiger partial charge in [0, 0.05) is 12.6 Å². The number of ether oxygens (including phenoxy) is 1. The molecule has 2 N–H and O–H groups in total. The van der Waals surface area contributed by atoms with Gasteiger partial charge in [-0.1, -0.05) is 23.7 Å². The maximum atomic E-state index is 12.6. The van der Waals surface area contributed by atoms with Gasteiger partial charge in [0.2, 0.25) is 0 Å². The third-order valence-corrected chi connectivity index (χ3v) is 3.80. The molecule has 0 aromatic heterocycles. The van der Waals surface area contributed by atoms with Crippen molar-refractivity contribution >= 4 is 30.7 Å². The van der Waals surface area contributed by atoms with Gasteiger partial charge in [-0.05, 0) is 30.2 Å². The van der Waals surface area contributed by atoms with E-state index in [0.717, 1.165) is 28.4 Å².